The summed E-state index contributed by atoms with van der Waals surface area (Å²) in [6.45, 7) is 1.81. The smallest absolute Gasteiger partial charge is 0.284 e. The molecule has 4 N–H and O–H groups in total. The molecular weight excluding hydrogens is 346 g/mol. The highest BCUT2D eigenvalue weighted by Crippen LogP contribution is 2.31. The monoisotopic (exact) mass is 365 g/mol. The number of amides is 2. The third kappa shape index (κ3) is 2.82. The molecule has 8 nitrogen and oxygen atoms in total. The number of fused-ring (bicyclic) bond motifs is 1. The summed E-state index contributed by atoms with van der Waals surface area (Å²) in [5.41, 5.74) is 5.83. The van der Waals surface area contributed by atoms with Crippen molar-refractivity contribution in [3.63, 3.8) is 0 Å². The fourth-order valence-electron chi connectivity index (χ4n) is 3.41. The van der Waals surface area contributed by atoms with E-state index in [0.29, 0.717) is 30.9 Å². The Balaban J connectivity index is 1.70. The van der Waals surface area contributed by atoms with E-state index in [9.17, 15) is 14.7 Å². The Labute approximate surface area is 156 Å². The highest BCUT2D eigenvalue weighted by molar-refractivity contribution is 5.93. The van der Waals surface area contributed by atoms with Crippen LogP contribution in [-0.4, -0.2) is 57.1 Å². The first-order valence-electron chi connectivity index (χ1n) is 8.65. The molecule has 138 valence electrons. The van der Waals surface area contributed by atoms with Crippen molar-refractivity contribution >= 4 is 17.6 Å². The number of aliphatic hydroxyl groups is 1. The zero-order chi connectivity index (χ0) is 19.2. The van der Waals surface area contributed by atoms with E-state index in [4.69, 9.17) is 5.73 Å². The van der Waals surface area contributed by atoms with Crippen LogP contribution < -0.4 is 11.1 Å². The molecule has 3 heterocycles. The Morgan fingerprint density at radius 1 is 1.41 bits per heavy atom. The molecule has 2 aromatic rings. The fourth-order valence-corrected chi connectivity index (χ4v) is 3.41. The zero-order valence-corrected chi connectivity index (χ0v) is 14.8. The average molecular weight is 365 g/mol. The van der Waals surface area contributed by atoms with Crippen molar-refractivity contribution in [3.05, 3.63) is 35.7 Å². The Kier molecular flexibility index (Phi) is 3.89. The van der Waals surface area contributed by atoms with Gasteiger partial charge in [0.15, 0.2) is 0 Å². The summed E-state index contributed by atoms with van der Waals surface area (Å²) < 4.78 is 1.77. The highest BCUT2D eigenvalue weighted by Gasteiger charge is 2.42. The average Bonchev–Trinajstić information content (AvgIpc) is 3.32. The molecule has 0 spiro atoms. The molecule has 2 aliphatic rings. The molecule has 0 bridgehead atoms. The molecule has 1 aromatic heterocycles. The first-order chi connectivity index (χ1) is 12.9. The Bertz CT molecular complexity index is 1020. The SMILES string of the molecule is CN1CC[C@@](O)(C#Cc2cccc(-c3nc(C(N)=O)n4c3NCC4)c2)C1=O. The largest absolute Gasteiger partial charge is 0.369 e. The molecule has 1 atom stereocenters. The van der Waals surface area contributed by atoms with E-state index < -0.39 is 11.5 Å². The van der Waals surface area contributed by atoms with Gasteiger partial charge in [-0.25, -0.2) is 4.98 Å². The van der Waals surface area contributed by atoms with E-state index in [-0.39, 0.29) is 18.2 Å². The third-order valence-electron chi connectivity index (χ3n) is 4.87. The van der Waals surface area contributed by atoms with E-state index in [2.05, 4.69) is 22.1 Å². The number of anilines is 1. The molecule has 2 aliphatic heterocycles. The van der Waals surface area contributed by atoms with Crippen molar-refractivity contribution in [3.8, 4) is 23.1 Å². The number of carbonyl (C=O) groups is 2. The third-order valence-corrected chi connectivity index (χ3v) is 4.87. The molecule has 4 rings (SSSR count). The number of primary amides is 1. The van der Waals surface area contributed by atoms with Crippen molar-refractivity contribution in [1.82, 2.24) is 14.5 Å². The molecular formula is C19H19N5O3. The van der Waals surface area contributed by atoms with E-state index in [1.807, 2.05) is 18.2 Å². The molecule has 1 saturated heterocycles. The van der Waals surface area contributed by atoms with Crippen LogP contribution in [0.1, 0.15) is 22.6 Å². The molecule has 0 saturated carbocycles. The zero-order valence-electron chi connectivity index (χ0n) is 14.8. The molecule has 27 heavy (non-hydrogen) atoms. The lowest BCUT2D eigenvalue weighted by molar-refractivity contribution is -0.137. The van der Waals surface area contributed by atoms with E-state index >= 15 is 0 Å². The van der Waals surface area contributed by atoms with Crippen molar-refractivity contribution in [2.24, 2.45) is 5.73 Å². The lowest BCUT2D eigenvalue weighted by Gasteiger charge is -2.13. The molecule has 2 amide bonds. The van der Waals surface area contributed by atoms with E-state index in [1.165, 1.54) is 4.90 Å². The Hall–Kier alpha value is -3.31. The van der Waals surface area contributed by atoms with Crippen molar-refractivity contribution in [2.75, 3.05) is 25.5 Å². The van der Waals surface area contributed by atoms with Crippen LogP contribution in [0.3, 0.4) is 0 Å². The number of rotatable bonds is 2. The van der Waals surface area contributed by atoms with Crippen LogP contribution in [0.15, 0.2) is 24.3 Å². The number of likely N-dealkylation sites (N-methyl/N-ethyl adjacent to an activating group) is 1. The molecule has 0 radical (unpaired) electrons. The van der Waals surface area contributed by atoms with Crippen LogP contribution in [0.2, 0.25) is 0 Å². The van der Waals surface area contributed by atoms with Crippen LogP contribution in [0.4, 0.5) is 5.82 Å². The van der Waals surface area contributed by atoms with Gasteiger partial charge < -0.3 is 25.6 Å². The maximum absolute atomic E-state index is 12.0. The first-order valence-corrected chi connectivity index (χ1v) is 8.65. The molecule has 0 aliphatic carbocycles. The number of nitrogens with two attached hydrogens (primary N) is 1. The number of aromatic nitrogens is 2. The van der Waals surface area contributed by atoms with Crippen LogP contribution >= 0.6 is 0 Å². The van der Waals surface area contributed by atoms with Crippen LogP contribution in [0, 0.1) is 11.8 Å². The minimum absolute atomic E-state index is 0.218. The molecule has 1 fully saturated rings. The van der Waals surface area contributed by atoms with E-state index in [0.717, 1.165) is 11.4 Å². The second-order valence-electron chi connectivity index (χ2n) is 6.74. The van der Waals surface area contributed by atoms with E-state index in [1.54, 1.807) is 17.7 Å². The number of hydrogen-bond donors (Lipinski definition) is 3. The van der Waals surface area contributed by atoms with Gasteiger partial charge in [0.1, 0.15) is 11.5 Å². The van der Waals surface area contributed by atoms with Gasteiger partial charge in [0.05, 0.1) is 0 Å². The van der Waals surface area contributed by atoms with Crippen molar-refractivity contribution in [2.45, 2.75) is 18.6 Å². The summed E-state index contributed by atoms with van der Waals surface area (Å²) in [5, 5.41) is 13.6. The molecule has 1 aromatic carbocycles. The predicted molar refractivity (Wildman–Crippen MR) is 98.8 cm³/mol. The number of likely N-dealkylation sites (tertiary alicyclic amines) is 1. The highest BCUT2D eigenvalue weighted by atomic mass is 16.3. The number of nitrogens with zero attached hydrogens (tertiary/aromatic N) is 3. The standard InChI is InChI=1S/C19H19N5O3/c1-23-9-7-19(27,18(23)26)6-5-12-3-2-4-13(11-12)14-16-21-8-10-24(16)17(22-14)15(20)25/h2-4,11,21,27H,7-10H2,1H3,(H2,20,25)/t19-/m0/s1. The summed E-state index contributed by atoms with van der Waals surface area (Å²) in [5.74, 6) is 5.61. The van der Waals surface area contributed by atoms with Gasteiger partial charge in [0, 0.05) is 44.2 Å². The van der Waals surface area contributed by atoms with Gasteiger partial charge >= 0.3 is 0 Å². The van der Waals surface area contributed by atoms with Crippen LogP contribution in [0.5, 0.6) is 0 Å². The van der Waals surface area contributed by atoms with Crippen LogP contribution in [-0.2, 0) is 11.3 Å². The summed E-state index contributed by atoms with van der Waals surface area (Å²) in [6, 6.07) is 7.29. The lowest BCUT2D eigenvalue weighted by Crippen LogP contribution is -2.37. The van der Waals surface area contributed by atoms with Gasteiger partial charge in [0.2, 0.25) is 11.4 Å². The Morgan fingerprint density at radius 3 is 2.93 bits per heavy atom. The lowest BCUT2D eigenvalue weighted by atomic mass is 10.0. The second kappa shape index (κ2) is 6.14. The normalized spacial score (nSPS) is 20.8. The number of nitrogens with one attached hydrogen (secondary N) is 1. The van der Waals surface area contributed by atoms with Gasteiger partial charge in [-0.3, -0.25) is 9.59 Å². The maximum Gasteiger partial charge on any atom is 0.284 e. The second-order valence-corrected chi connectivity index (χ2v) is 6.74. The van der Waals surface area contributed by atoms with Gasteiger partial charge in [0.25, 0.3) is 11.8 Å². The summed E-state index contributed by atoms with van der Waals surface area (Å²) in [4.78, 5) is 29.5. The van der Waals surface area contributed by atoms with Gasteiger partial charge in [-0.1, -0.05) is 24.0 Å². The Morgan fingerprint density at radius 2 is 2.22 bits per heavy atom. The minimum Gasteiger partial charge on any atom is -0.369 e. The maximum atomic E-state index is 12.0. The fraction of sp³-hybridized carbons (Fsp3) is 0.316. The minimum atomic E-state index is -1.64. The predicted octanol–water partition coefficient (Wildman–Crippen LogP) is 0.0192. The van der Waals surface area contributed by atoms with Crippen LogP contribution in [0.25, 0.3) is 11.3 Å². The number of carbonyl (C=O) groups excluding carboxylic acids is 2. The summed E-state index contributed by atoms with van der Waals surface area (Å²) in [6.07, 6.45) is 0.287. The molecule has 8 heteroatoms. The first kappa shape index (κ1) is 17.1. The number of imidazole rings is 1. The van der Waals surface area contributed by atoms with Gasteiger partial charge in [-0.05, 0) is 12.1 Å². The van der Waals surface area contributed by atoms with Crippen molar-refractivity contribution < 1.29 is 14.7 Å². The summed E-state index contributed by atoms with van der Waals surface area (Å²) in [7, 11) is 1.64. The topological polar surface area (TPSA) is 113 Å². The molecule has 0 unspecified atom stereocenters. The van der Waals surface area contributed by atoms with Crippen molar-refractivity contribution in [1.29, 1.82) is 0 Å². The number of benzene rings is 1. The summed E-state index contributed by atoms with van der Waals surface area (Å²) >= 11 is 0. The van der Waals surface area contributed by atoms with Gasteiger partial charge in [-0.2, -0.15) is 0 Å². The quantitative estimate of drug-likeness (QED) is 0.649. The number of hydrogen-bond acceptors (Lipinski definition) is 5. The van der Waals surface area contributed by atoms with Gasteiger partial charge in [-0.15, -0.1) is 0 Å².